The molecule has 0 radical (unpaired) electrons. The van der Waals surface area contributed by atoms with Crippen LogP contribution in [0.1, 0.15) is 40.7 Å². The zero-order valence-corrected chi connectivity index (χ0v) is 17.3. The molecule has 0 N–H and O–H groups in total. The number of halogens is 1. The van der Waals surface area contributed by atoms with Gasteiger partial charge in [0.2, 0.25) is 0 Å². The molecule has 0 amide bonds. The van der Waals surface area contributed by atoms with Crippen LogP contribution in [0.2, 0.25) is 0 Å². The first-order valence-corrected chi connectivity index (χ1v) is 10.4. The fraction of sp³-hybridized carbons (Fsp3) is 0.167. The number of hydrogen-bond donors (Lipinski definition) is 0. The maximum Gasteiger partial charge on any atom is 0.142 e. The van der Waals surface area contributed by atoms with Crippen molar-refractivity contribution in [3.05, 3.63) is 120 Å². The van der Waals surface area contributed by atoms with Gasteiger partial charge in [0.1, 0.15) is 17.7 Å². The first-order valence-electron chi connectivity index (χ1n) is 9.49. The lowest BCUT2D eigenvalue weighted by molar-refractivity contribution is 0.437. The molecule has 1 atom stereocenters. The van der Waals surface area contributed by atoms with E-state index in [-0.39, 0.29) is 4.83 Å². The summed E-state index contributed by atoms with van der Waals surface area (Å²) in [6.45, 7) is 2.15. The molecule has 1 aromatic heterocycles. The molecule has 0 bridgehead atoms. The molecule has 0 saturated heterocycles. The van der Waals surface area contributed by atoms with Crippen molar-refractivity contribution in [2.75, 3.05) is 0 Å². The van der Waals surface area contributed by atoms with E-state index in [4.69, 9.17) is 5.10 Å². The van der Waals surface area contributed by atoms with Crippen molar-refractivity contribution < 1.29 is 0 Å². The van der Waals surface area contributed by atoms with Crippen LogP contribution in [0.3, 0.4) is 0 Å². The zero-order chi connectivity index (χ0) is 19.4. The average molecular weight is 432 g/mol. The molecule has 4 aromatic rings. The molecule has 0 aliphatic heterocycles. The average Bonchev–Trinajstić information content (AvgIpc) is 3.26. The SMILES string of the molecule is CCC(Br)c1ncnn1C(c1ccccc1)(c1ccccc1)c1ccccc1. The second-order valence-corrected chi connectivity index (χ2v) is 7.82. The van der Waals surface area contributed by atoms with E-state index in [0.29, 0.717) is 0 Å². The van der Waals surface area contributed by atoms with Gasteiger partial charge in [0, 0.05) is 0 Å². The number of hydrogen-bond acceptors (Lipinski definition) is 2. The third-order valence-electron chi connectivity index (χ3n) is 5.11. The Morgan fingerprint density at radius 1 is 0.786 bits per heavy atom. The van der Waals surface area contributed by atoms with Gasteiger partial charge in [-0.15, -0.1) is 0 Å². The van der Waals surface area contributed by atoms with E-state index in [1.807, 2.05) is 18.2 Å². The quantitative estimate of drug-likeness (QED) is 0.278. The number of rotatable bonds is 6. The third-order valence-corrected chi connectivity index (χ3v) is 6.16. The summed E-state index contributed by atoms with van der Waals surface area (Å²) in [5, 5.41) is 4.76. The molecule has 140 valence electrons. The van der Waals surface area contributed by atoms with E-state index in [2.05, 4.69) is 105 Å². The fourth-order valence-electron chi connectivity index (χ4n) is 3.81. The molecular weight excluding hydrogens is 410 g/mol. The molecule has 1 unspecified atom stereocenters. The van der Waals surface area contributed by atoms with Crippen LogP contribution < -0.4 is 0 Å². The Morgan fingerprint density at radius 3 is 1.61 bits per heavy atom. The van der Waals surface area contributed by atoms with Crippen molar-refractivity contribution >= 4 is 15.9 Å². The van der Waals surface area contributed by atoms with Crippen LogP contribution >= 0.6 is 15.9 Å². The lowest BCUT2D eigenvalue weighted by Crippen LogP contribution is -2.40. The second kappa shape index (κ2) is 8.11. The normalized spacial score (nSPS) is 12.6. The van der Waals surface area contributed by atoms with E-state index in [0.717, 1.165) is 28.9 Å². The summed E-state index contributed by atoms with van der Waals surface area (Å²) >= 11 is 3.80. The van der Waals surface area contributed by atoms with Gasteiger partial charge < -0.3 is 0 Å². The van der Waals surface area contributed by atoms with Gasteiger partial charge in [-0.05, 0) is 23.1 Å². The number of aromatic nitrogens is 3. The molecule has 3 aromatic carbocycles. The number of nitrogens with zero attached hydrogens (tertiary/aromatic N) is 3. The van der Waals surface area contributed by atoms with Crippen molar-refractivity contribution in [3.8, 4) is 0 Å². The highest BCUT2D eigenvalue weighted by molar-refractivity contribution is 9.09. The van der Waals surface area contributed by atoms with Crippen LogP contribution in [0, 0.1) is 0 Å². The molecule has 0 spiro atoms. The lowest BCUT2D eigenvalue weighted by Gasteiger charge is -2.37. The van der Waals surface area contributed by atoms with Gasteiger partial charge in [0.25, 0.3) is 0 Å². The van der Waals surface area contributed by atoms with E-state index in [1.165, 1.54) is 0 Å². The minimum Gasteiger partial charge on any atom is -0.229 e. The second-order valence-electron chi connectivity index (χ2n) is 6.71. The first-order chi connectivity index (χ1) is 13.8. The van der Waals surface area contributed by atoms with Crippen LogP contribution in [0.25, 0.3) is 0 Å². The summed E-state index contributed by atoms with van der Waals surface area (Å²) in [6, 6.07) is 31.6. The summed E-state index contributed by atoms with van der Waals surface area (Å²) in [4.78, 5) is 4.75. The monoisotopic (exact) mass is 431 g/mol. The fourth-order valence-corrected chi connectivity index (χ4v) is 4.12. The van der Waals surface area contributed by atoms with Gasteiger partial charge in [0.05, 0.1) is 4.83 Å². The van der Waals surface area contributed by atoms with Crippen LogP contribution in [-0.2, 0) is 5.54 Å². The largest absolute Gasteiger partial charge is 0.229 e. The minimum absolute atomic E-state index is 0.116. The Labute approximate surface area is 174 Å². The van der Waals surface area contributed by atoms with Gasteiger partial charge in [-0.25, -0.2) is 9.67 Å². The van der Waals surface area contributed by atoms with Crippen LogP contribution in [-0.4, -0.2) is 14.8 Å². The van der Waals surface area contributed by atoms with E-state index >= 15 is 0 Å². The Kier molecular flexibility index (Phi) is 5.40. The third kappa shape index (κ3) is 3.08. The highest BCUT2D eigenvalue weighted by atomic mass is 79.9. The number of alkyl halides is 1. The Morgan fingerprint density at radius 2 is 1.21 bits per heavy atom. The first kappa shape index (κ1) is 18.6. The Hall–Kier alpha value is -2.72. The molecule has 1 heterocycles. The van der Waals surface area contributed by atoms with E-state index < -0.39 is 5.54 Å². The summed E-state index contributed by atoms with van der Waals surface area (Å²) in [7, 11) is 0. The van der Waals surface area contributed by atoms with Crippen molar-refractivity contribution in [3.63, 3.8) is 0 Å². The molecule has 0 fully saturated rings. The van der Waals surface area contributed by atoms with Gasteiger partial charge in [-0.3, -0.25) is 0 Å². The predicted molar refractivity (Wildman–Crippen MR) is 117 cm³/mol. The molecule has 28 heavy (non-hydrogen) atoms. The molecule has 0 saturated carbocycles. The van der Waals surface area contributed by atoms with Gasteiger partial charge in [-0.2, -0.15) is 5.10 Å². The summed E-state index contributed by atoms with van der Waals surface area (Å²) in [5.74, 6) is 0.916. The Bertz CT molecular complexity index is 917. The maximum atomic E-state index is 4.76. The maximum absolute atomic E-state index is 4.76. The van der Waals surface area contributed by atoms with Gasteiger partial charge in [0.15, 0.2) is 0 Å². The zero-order valence-electron chi connectivity index (χ0n) is 15.7. The van der Waals surface area contributed by atoms with Gasteiger partial charge in [-0.1, -0.05) is 114 Å². The molecule has 0 aliphatic carbocycles. The summed E-state index contributed by atoms with van der Waals surface area (Å²) in [6.07, 6.45) is 2.58. The highest BCUT2D eigenvalue weighted by Crippen LogP contribution is 2.42. The predicted octanol–water partition coefficient (Wildman–Crippen LogP) is 5.96. The smallest absolute Gasteiger partial charge is 0.142 e. The molecule has 4 rings (SSSR count). The van der Waals surface area contributed by atoms with Crippen molar-refractivity contribution in [1.29, 1.82) is 0 Å². The molecule has 3 nitrogen and oxygen atoms in total. The molecular formula is C24H22BrN3. The minimum atomic E-state index is -0.614. The molecule has 0 aliphatic rings. The lowest BCUT2D eigenvalue weighted by atomic mass is 9.77. The number of benzene rings is 3. The highest BCUT2D eigenvalue weighted by Gasteiger charge is 2.41. The van der Waals surface area contributed by atoms with Gasteiger partial charge >= 0.3 is 0 Å². The van der Waals surface area contributed by atoms with E-state index in [1.54, 1.807) is 6.33 Å². The van der Waals surface area contributed by atoms with Crippen molar-refractivity contribution in [2.45, 2.75) is 23.7 Å². The topological polar surface area (TPSA) is 30.7 Å². The van der Waals surface area contributed by atoms with Crippen LogP contribution in [0.15, 0.2) is 97.3 Å². The summed E-state index contributed by atoms with van der Waals surface area (Å²) < 4.78 is 2.08. The summed E-state index contributed by atoms with van der Waals surface area (Å²) in [5.41, 5.74) is 2.83. The van der Waals surface area contributed by atoms with Crippen molar-refractivity contribution in [2.24, 2.45) is 0 Å². The van der Waals surface area contributed by atoms with Crippen molar-refractivity contribution in [1.82, 2.24) is 14.8 Å². The van der Waals surface area contributed by atoms with E-state index in [9.17, 15) is 0 Å². The Balaban J connectivity index is 2.13. The van der Waals surface area contributed by atoms with Crippen LogP contribution in [0.5, 0.6) is 0 Å². The standard InChI is InChI=1S/C24H22BrN3/c1-2-22(25)23-26-18-27-28(23)24(19-12-6-3-7-13-19,20-14-8-4-9-15-20)21-16-10-5-11-17-21/h3-18,22H,2H2,1H3. The molecule has 4 heteroatoms. The van der Waals surface area contributed by atoms with Crippen LogP contribution in [0.4, 0.5) is 0 Å².